The van der Waals surface area contributed by atoms with Crippen molar-refractivity contribution >= 4 is 56.6 Å². The monoisotopic (exact) mass is 735 g/mol. The molecule has 0 spiro atoms. The summed E-state index contributed by atoms with van der Waals surface area (Å²) < 4.78 is 17.9. The molecule has 7 aromatic rings. The molecule has 266 valence electrons. The van der Waals surface area contributed by atoms with E-state index in [-0.39, 0.29) is 11.9 Å². The number of hydrogen-bond acceptors (Lipinski definition) is 6. The number of aryl methyl sites for hydroxylation is 6. The second-order valence-corrected chi connectivity index (χ2v) is 14.7. The van der Waals surface area contributed by atoms with Crippen LogP contribution in [0.1, 0.15) is 58.0 Å². The lowest BCUT2D eigenvalue weighted by atomic mass is 9.98. The summed E-state index contributed by atoms with van der Waals surface area (Å²) >= 11 is 13.5. The van der Waals surface area contributed by atoms with Crippen molar-refractivity contribution in [3.05, 3.63) is 98.9 Å². The summed E-state index contributed by atoms with van der Waals surface area (Å²) in [5.41, 5.74) is 11.0. The van der Waals surface area contributed by atoms with Gasteiger partial charge in [0.15, 0.2) is 0 Å². The first-order valence-electron chi connectivity index (χ1n) is 17.4. The van der Waals surface area contributed by atoms with Crippen molar-refractivity contribution in [3.8, 4) is 28.3 Å². The van der Waals surface area contributed by atoms with Gasteiger partial charge in [-0.2, -0.15) is 5.10 Å². The number of nitrogens with zero attached hydrogens (tertiary/aromatic N) is 7. The Labute approximate surface area is 311 Å². The molecule has 52 heavy (non-hydrogen) atoms. The molecule has 0 N–H and O–H groups in total. The summed E-state index contributed by atoms with van der Waals surface area (Å²) in [4.78, 5) is 17.0. The van der Waals surface area contributed by atoms with Gasteiger partial charge in [0.1, 0.15) is 11.4 Å². The molecule has 8 rings (SSSR count). The third-order valence-corrected chi connectivity index (χ3v) is 11.3. The van der Waals surface area contributed by atoms with E-state index >= 15 is 4.79 Å². The number of benzene rings is 3. The first kappa shape index (κ1) is 34.0. The molecule has 1 aliphatic heterocycles. The van der Waals surface area contributed by atoms with E-state index in [1.807, 2.05) is 87.0 Å². The molecule has 12 heteroatoms. The zero-order valence-corrected chi connectivity index (χ0v) is 31.7. The lowest BCUT2D eigenvalue weighted by Crippen LogP contribution is -2.42. The van der Waals surface area contributed by atoms with E-state index in [1.165, 1.54) is 6.39 Å². The summed E-state index contributed by atoms with van der Waals surface area (Å²) in [6.07, 6.45) is 4.66. The molecule has 0 saturated carbocycles. The zero-order chi connectivity index (χ0) is 36.6. The third kappa shape index (κ3) is 5.38. The lowest BCUT2D eigenvalue weighted by Gasteiger charge is -2.34. The molecule has 5 heterocycles. The van der Waals surface area contributed by atoms with Gasteiger partial charge in [-0.1, -0.05) is 29.3 Å². The largest absolute Gasteiger partial charge is 0.494 e. The minimum absolute atomic E-state index is 0.0634. The highest BCUT2D eigenvalue weighted by atomic mass is 35.5. The van der Waals surface area contributed by atoms with Crippen LogP contribution in [0, 0.1) is 27.7 Å². The number of carbonyl (C=O) groups excluding carboxylic acids is 1. The van der Waals surface area contributed by atoms with E-state index in [0.29, 0.717) is 42.6 Å². The number of anilines is 1. The minimum Gasteiger partial charge on any atom is -0.494 e. The van der Waals surface area contributed by atoms with E-state index in [0.717, 1.165) is 83.0 Å². The second-order valence-electron chi connectivity index (χ2n) is 13.9. The number of fused-ring (bicyclic) bond motifs is 4. The quantitative estimate of drug-likeness (QED) is 0.144. The third-order valence-electron chi connectivity index (χ3n) is 10.4. The van der Waals surface area contributed by atoms with Gasteiger partial charge in [0.05, 0.1) is 28.5 Å². The van der Waals surface area contributed by atoms with Gasteiger partial charge in [0.2, 0.25) is 12.3 Å². The number of carbonyl (C=O) groups is 1. The van der Waals surface area contributed by atoms with Crippen LogP contribution in [0.5, 0.6) is 5.75 Å². The maximum atomic E-state index is 15.1. The van der Waals surface area contributed by atoms with Crippen molar-refractivity contribution in [2.45, 2.75) is 53.5 Å². The Morgan fingerprint density at radius 1 is 0.981 bits per heavy atom. The summed E-state index contributed by atoms with van der Waals surface area (Å²) in [5, 5.41) is 16.0. The Morgan fingerprint density at radius 3 is 2.44 bits per heavy atom. The molecule has 4 aromatic heterocycles. The standard InChI is InChI=1S/C40H39Cl2N7O3/c1-21-15-27(16-22(2)36(21)42)51-14-8-9-28-29-11-12-31(41)35(34-24(4)45-47(7)25(34)5)37(29)49-23(3)18-48(40(50)38(28)49)33-19-46(6)32-13-10-26(17-30(32)33)39-44-43-20-52-39/h10-13,15-17,19-20,23H,8-9,14,18H2,1-7H3. The van der Waals surface area contributed by atoms with Crippen LogP contribution in [0.15, 0.2) is 59.5 Å². The predicted molar refractivity (Wildman–Crippen MR) is 206 cm³/mol. The molecule has 0 bridgehead atoms. The van der Waals surface area contributed by atoms with Crippen molar-refractivity contribution in [1.29, 1.82) is 0 Å². The number of hydrogen-bond donors (Lipinski definition) is 0. The number of ether oxygens (including phenoxy) is 1. The van der Waals surface area contributed by atoms with E-state index in [9.17, 15) is 0 Å². The Hall–Kier alpha value is -5.06. The maximum Gasteiger partial charge on any atom is 0.275 e. The highest BCUT2D eigenvalue weighted by Crippen LogP contribution is 2.46. The van der Waals surface area contributed by atoms with Crippen LogP contribution in [0.4, 0.5) is 5.69 Å². The van der Waals surface area contributed by atoms with Crippen molar-refractivity contribution in [1.82, 2.24) is 29.1 Å². The van der Waals surface area contributed by atoms with Crippen LogP contribution in [-0.2, 0) is 20.5 Å². The molecule has 0 aliphatic carbocycles. The Bertz CT molecular complexity index is 2520. The van der Waals surface area contributed by atoms with E-state index in [1.54, 1.807) is 0 Å². The fourth-order valence-corrected chi connectivity index (χ4v) is 8.31. The normalized spacial score (nSPS) is 14.6. The average molecular weight is 737 g/mol. The van der Waals surface area contributed by atoms with E-state index in [4.69, 9.17) is 37.5 Å². The number of rotatable bonds is 8. The fourth-order valence-electron chi connectivity index (χ4n) is 7.96. The summed E-state index contributed by atoms with van der Waals surface area (Å²) in [5.74, 6) is 1.15. The van der Waals surface area contributed by atoms with Gasteiger partial charge in [0, 0.05) is 76.6 Å². The van der Waals surface area contributed by atoms with Crippen LogP contribution < -0.4 is 9.64 Å². The van der Waals surface area contributed by atoms with Crippen LogP contribution in [-0.4, -0.2) is 48.2 Å². The maximum absolute atomic E-state index is 15.1. The van der Waals surface area contributed by atoms with Crippen molar-refractivity contribution in [2.75, 3.05) is 18.1 Å². The first-order chi connectivity index (χ1) is 24.9. The van der Waals surface area contributed by atoms with Gasteiger partial charge in [-0.3, -0.25) is 9.48 Å². The zero-order valence-electron chi connectivity index (χ0n) is 30.2. The minimum atomic E-state index is -0.0795. The van der Waals surface area contributed by atoms with Crippen LogP contribution in [0.3, 0.4) is 0 Å². The molecule has 1 amide bonds. The summed E-state index contributed by atoms with van der Waals surface area (Å²) in [7, 11) is 3.94. The van der Waals surface area contributed by atoms with Crippen LogP contribution >= 0.6 is 23.2 Å². The van der Waals surface area contributed by atoms with Gasteiger partial charge in [-0.25, -0.2) is 0 Å². The average Bonchev–Trinajstić information content (AvgIpc) is 3.89. The molecule has 3 aromatic carbocycles. The highest BCUT2D eigenvalue weighted by Gasteiger charge is 2.37. The molecule has 0 fully saturated rings. The summed E-state index contributed by atoms with van der Waals surface area (Å²) in [6.45, 7) is 11.1. The molecule has 0 radical (unpaired) electrons. The van der Waals surface area contributed by atoms with Gasteiger partial charge in [0.25, 0.3) is 5.91 Å². The summed E-state index contributed by atoms with van der Waals surface area (Å²) in [6, 6.07) is 13.9. The lowest BCUT2D eigenvalue weighted by molar-refractivity contribution is 0.0957. The molecule has 1 aliphatic rings. The number of amides is 1. The fraction of sp³-hybridized carbons (Fsp3) is 0.300. The van der Waals surface area contributed by atoms with Crippen molar-refractivity contribution in [2.24, 2.45) is 14.1 Å². The molecule has 0 saturated heterocycles. The van der Waals surface area contributed by atoms with Crippen LogP contribution in [0.2, 0.25) is 10.0 Å². The van der Waals surface area contributed by atoms with Gasteiger partial charge in [-0.15, -0.1) is 10.2 Å². The molecule has 10 nitrogen and oxygen atoms in total. The predicted octanol–water partition coefficient (Wildman–Crippen LogP) is 9.36. The van der Waals surface area contributed by atoms with Gasteiger partial charge in [-0.05, 0) is 101 Å². The second kappa shape index (κ2) is 12.9. The number of halogens is 2. The Kier molecular flexibility index (Phi) is 8.42. The molecular formula is C40H39Cl2N7O3. The van der Waals surface area contributed by atoms with Crippen LogP contribution in [0.25, 0.3) is 44.4 Å². The molecule has 1 atom stereocenters. The highest BCUT2D eigenvalue weighted by molar-refractivity contribution is 6.35. The smallest absolute Gasteiger partial charge is 0.275 e. The van der Waals surface area contributed by atoms with Crippen molar-refractivity contribution in [3.63, 3.8) is 0 Å². The molecular weight excluding hydrogens is 697 g/mol. The van der Waals surface area contributed by atoms with E-state index in [2.05, 4.69) is 39.2 Å². The molecule has 1 unspecified atom stereocenters. The van der Waals surface area contributed by atoms with Gasteiger partial charge >= 0.3 is 0 Å². The SMILES string of the molecule is Cc1cc(OCCCc2c3n(c4c(-c5c(C)nn(C)c5C)c(Cl)ccc24)C(C)CN(c2cn(C)c4ccc(-c5nnco5)cc24)C3=O)cc(C)c1Cl. The number of aromatic nitrogens is 6. The van der Waals surface area contributed by atoms with E-state index < -0.39 is 0 Å². The Morgan fingerprint density at radius 2 is 1.75 bits per heavy atom. The van der Waals surface area contributed by atoms with Crippen molar-refractivity contribution < 1.29 is 13.9 Å². The topological polar surface area (TPSA) is 96.1 Å². The van der Waals surface area contributed by atoms with Gasteiger partial charge < -0.3 is 23.2 Å². The Balaban J connectivity index is 1.26. The first-order valence-corrected chi connectivity index (χ1v) is 18.1.